The summed E-state index contributed by atoms with van der Waals surface area (Å²) in [5.41, 5.74) is 3.02. The van der Waals surface area contributed by atoms with Gasteiger partial charge in [0.1, 0.15) is 0 Å². The molecule has 0 aromatic rings. The molecule has 0 spiro atoms. The van der Waals surface area contributed by atoms with Crippen LogP contribution in [0.25, 0.3) is 0 Å². The van der Waals surface area contributed by atoms with Crippen LogP contribution in [-0.2, 0) is 0 Å². The fraction of sp³-hybridized carbons (Fsp3) is 0.833. The number of nitrogens with zero attached hydrogens (tertiary/aromatic N) is 1. The fourth-order valence-electron chi connectivity index (χ4n) is 0.581. The van der Waals surface area contributed by atoms with E-state index < -0.39 is 0 Å². The van der Waals surface area contributed by atoms with Gasteiger partial charge in [0.2, 0.25) is 0 Å². The highest BCUT2D eigenvalue weighted by Crippen LogP contribution is 1.78. The Morgan fingerprint density at radius 1 is 1.40 bits per heavy atom. The topological polar surface area (TPSA) is 27.3 Å². The highest BCUT2D eigenvalue weighted by atomic mass is 32.1. The molecule has 60 valence electrons. The summed E-state index contributed by atoms with van der Waals surface area (Å²) in [6.45, 7) is 6.07. The van der Waals surface area contributed by atoms with Crippen molar-refractivity contribution in [3.05, 3.63) is 0 Å². The van der Waals surface area contributed by atoms with Crippen LogP contribution < -0.4 is 10.7 Å². The lowest BCUT2D eigenvalue weighted by Gasteiger charge is -2.20. The van der Waals surface area contributed by atoms with Crippen LogP contribution in [0.1, 0.15) is 13.8 Å². The highest BCUT2D eigenvalue weighted by molar-refractivity contribution is 7.80. The second kappa shape index (κ2) is 5.44. The van der Waals surface area contributed by atoms with Crippen LogP contribution in [0, 0.1) is 0 Å². The summed E-state index contributed by atoms with van der Waals surface area (Å²) in [6.07, 6.45) is 0. The predicted octanol–water partition coefficient (Wildman–Crippen LogP) is 0.337. The molecule has 0 atom stereocenters. The summed E-state index contributed by atoms with van der Waals surface area (Å²) >= 11 is 4.90. The van der Waals surface area contributed by atoms with Gasteiger partial charge in [0.05, 0.1) is 0 Å². The maximum absolute atomic E-state index is 4.90. The Hall–Kier alpha value is -0.350. The normalized spacial score (nSPS) is 9.60. The quantitative estimate of drug-likeness (QED) is 0.461. The van der Waals surface area contributed by atoms with Gasteiger partial charge in [-0.25, -0.2) is 5.01 Å². The van der Waals surface area contributed by atoms with Gasteiger partial charge in [-0.05, 0) is 12.2 Å². The third-order valence-corrected chi connectivity index (χ3v) is 1.55. The number of nitrogens with one attached hydrogen (secondary N) is 2. The van der Waals surface area contributed by atoms with E-state index in [-0.39, 0.29) is 0 Å². The SMILES string of the molecule is CCN(CC)NC(=S)NC. The van der Waals surface area contributed by atoms with Crippen LogP contribution in [0.15, 0.2) is 0 Å². The number of hydrazine groups is 1. The molecule has 10 heavy (non-hydrogen) atoms. The Bertz CT molecular complexity index is 101. The molecule has 0 aliphatic carbocycles. The average molecular weight is 161 g/mol. The van der Waals surface area contributed by atoms with Crippen molar-refractivity contribution >= 4 is 17.3 Å². The van der Waals surface area contributed by atoms with E-state index in [1.165, 1.54) is 0 Å². The first-order chi connectivity index (χ1) is 4.74. The van der Waals surface area contributed by atoms with E-state index in [4.69, 9.17) is 12.2 Å². The molecule has 0 aromatic heterocycles. The van der Waals surface area contributed by atoms with Crippen LogP contribution in [0.4, 0.5) is 0 Å². The van der Waals surface area contributed by atoms with Crippen molar-refractivity contribution in [1.82, 2.24) is 15.8 Å². The molecule has 0 amide bonds. The summed E-state index contributed by atoms with van der Waals surface area (Å²) in [5.74, 6) is 0. The molecule has 0 saturated heterocycles. The van der Waals surface area contributed by atoms with Crippen LogP contribution in [0.2, 0.25) is 0 Å². The van der Waals surface area contributed by atoms with E-state index in [1.807, 2.05) is 5.01 Å². The molecule has 0 saturated carbocycles. The van der Waals surface area contributed by atoms with Gasteiger partial charge >= 0.3 is 0 Å². The fourth-order valence-corrected chi connectivity index (χ4v) is 0.710. The Balaban J connectivity index is 3.52. The molecule has 0 bridgehead atoms. The lowest BCUT2D eigenvalue weighted by atomic mass is 10.6. The van der Waals surface area contributed by atoms with Gasteiger partial charge in [-0.3, -0.25) is 5.43 Å². The third-order valence-electron chi connectivity index (χ3n) is 1.25. The lowest BCUT2D eigenvalue weighted by molar-refractivity contribution is 0.261. The molecule has 0 aliphatic rings. The van der Waals surface area contributed by atoms with Crippen LogP contribution >= 0.6 is 12.2 Å². The molecule has 0 aliphatic heterocycles. The Morgan fingerprint density at radius 3 is 2.20 bits per heavy atom. The Kier molecular flexibility index (Phi) is 5.25. The van der Waals surface area contributed by atoms with Crippen LogP contribution in [-0.4, -0.2) is 30.3 Å². The molecule has 4 heteroatoms. The van der Waals surface area contributed by atoms with E-state index in [2.05, 4.69) is 24.6 Å². The summed E-state index contributed by atoms with van der Waals surface area (Å²) in [4.78, 5) is 0. The zero-order valence-electron chi connectivity index (χ0n) is 6.77. The van der Waals surface area contributed by atoms with Crippen molar-refractivity contribution in [2.75, 3.05) is 20.1 Å². The minimum Gasteiger partial charge on any atom is -0.365 e. The number of hydrogen-bond acceptors (Lipinski definition) is 2. The van der Waals surface area contributed by atoms with Gasteiger partial charge < -0.3 is 5.32 Å². The molecule has 0 fully saturated rings. The second-order valence-electron chi connectivity index (χ2n) is 1.86. The van der Waals surface area contributed by atoms with E-state index in [0.29, 0.717) is 5.11 Å². The molecule has 0 unspecified atom stereocenters. The van der Waals surface area contributed by atoms with Crippen molar-refractivity contribution in [2.45, 2.75) is 13.8 Å². The molecular weight excluding hydrogens is 146 g/mol. The van der Waals surface area contributed by atoms with E-state index in [9.17, 15) is 0 Å². The van der Waals surface area contributed by atoms with E-state index in [0.717, 1.165) is 13.1 Å². The molecule has 0 aromatic carbocycles. The average Bonchev–Trinajstić information content (AvgIpc) is 1.99. The summed E-state index contributed by atoms with van der Waals surface area (Å²) in [5, 5.41) is 5.54. The first-order valence-electron chi connectivity index (χ1n) is 3.47. The van der Waals surface area contributed by atoms with Gasteiger partial charge in [0.15, 0.2) is 5.11 Å². The molecule has 0 rings (SSSR count). The summed E-state index contributed by atoms with van der Waals surface area (Å²) in [6, 6.07) is 0. The number of hydrogen-bond donors (Lipinski definition) is 2. The zero-order valence-corrected chi connectivity index (χ0v) is 7.59. The zero-order chi connectivity index (χ0) is 7.98. The summed E-state index contributed by atoms with van der Waals surface area (Å²) in [7, 11) is 1.80. The molecule has 2 N–H and O–H groups in total. The molecule has 0 radical (unpaired) electrons. The maximum Gasteiger partial charge on any atom is 0.180 e. The maximum atomic E-state index is 4.90. The van der Waals surface area contributed by atoms with Gasteiger partial charge in [-0.1, -0.05) is 13.8 Å². The van der Waals surface area contributed by atoms with Gasteiger partial charge in [0, 0.05) is 20.1 Å². The Labute approximate surface area is 67.8 Å². The molecular formula is C6H15N3S. The van der Waals surface area contributed by atoms with Gasteiger partial charge in [-0.15, -0.1) is 0 Å². The van der Waals surface area contributed by atoms with E-state index in [1.54, 1.807) is 7.05 Å². The third kappa shape index (κ3) is 3.63. The van der Waals surface area contributed by atoms with Crippen LogP contribution in [0.5, 0.6) is 0 Å². The van der Waals surface area contributed by atoms with Crippen LogP contribution in [0.3, 0.4) is 0 Å². The monoisotopic (exact) mass is 161 g/mol. The van der Waals surface area contributed by atoms with Crippen molar-refractivity contribution in [2.24, 2.45) is 0 Å². The van der Waals surface area contributed by atoms with Crippen molar-refractivity contribution in [3.8, 4) is 0 Å². The molecule has 3 nitrogen and oxygen atoms in total. The number of thiocarbonyl (C=S) groups is 1. The Morgan fingerprint density at radius 2 is 1.90 bits per heavy atom. The van der Waals surface area contributed by atoms with Crippen molar-refractivity contribution in [1.29, 1.82) is 0 Å². The smallest absolute Gasteiger partial charge is 0.180 e. The minimum absolute atomic E-state index is 0.670. The second-order valence-corrected chi connectivity index (χ2v) is 2.27. The predicted molar refractivity (Wildman–Crippen MR) is 47.7 cm³/mol. The first-order valence-corrected chi connectivity index (χ1v) is 3.88. The standard InChI is InChI=1S/C6H15N3S/c1-4-9(5-2)8-6(10)7-3/h4-5H2,1-3H3,(H2,7,8,10). The minimum atomic E-state index is 0.670. The number of rotatable bonds is 3. The van der Waals surface area contributed by atoms with Crippen molar-refractivity contribution < 1.29 is 0 Å². The lowest BCUT2D eigenvalue weighted by Crippen LogP contribution is -2.45. The highest BCUT2D eigenvalue weighted by Gasteiger charge is 1.97. The molecule has 0 heterocycles. The first kappa shape index (κ1) is 9.65. The summed E-state index contributed by atoms with van der Waals surface area (Å²) < 4.78 is 0. The van der Waals surface area contributed by atoms with Gasteiger partial charge in [-0.2, -0.15) is 0 Å². The van der Waals surface area contributed by atoms with Crippen molar-refractivity contribution in [3.63, 3.8) is 0 Å². The van der Waals surface area contributed by atoms with E-state index >= 15 is 0 Å². The largest absolute Gasteiger partial charge is 0.365 e. The van der Waals surface area contributed by atoms with Gasteiger partial charge in [0.25, 0.3) is 0 Å².